The van der Waals surface area contributed by atoms with Crippen LogP contribution in [0.2, 0.25) is 0 Å². The van der Waals surface area contributed by atoms with Gasteiger partial charge in [-0.1, -0.05) is 125 Å². The van der Waals surface area contributed by atoms with Crippen LogP contribution in [0.1, 0.15) is 44.5 Å². The molecule has 0 nitrogen and oxygen atoms in total. The molecule has 2 aliphatic rings. The molecule has 1 spiro atoms. The van der Waals surface area contributed by atoms with Crippen molar-refractivity contribution in [1.82, 2.24) is 0 Å². The van der Waals surface area contributed by atoms with Crippen molar-refractivity contribution < 1.29 is 0 Å². The summed E-state index contributed by atoms with van der Waals surface area (Å²) in [5.41, 5.74) is 13.7. The number of hydrogen-bond acceptors (Lipinski definition) is 0. The molecule has 0 fully saturated rings. The lowest BCUT2D eigenvalue weighted by molar-refractivity contribution is 0.722. The molecule has 5 aromatic rings. The quantitative estimate of drug-likeness (QED) is 0.224. The van der Waals surface area contributed by atoms with Gasteiger partial charge < -0.3 is 0 Å². The maximum Gasteiger partial charge on any atom is 0.0719 e. The molecule has 0 amide bonds. The Morgan fingerprint density at radius 3 is 1.88 bits per heavy atom. The first-order chi connectivity index (χ1) is 16.8. The van der Waals surface area contributed by atoms with Crippen LogP contribution in [-0.2, 0) is 18.3 Å². The van der Waals surface area contributed by atoms with Crippen LogP contribution >= 0.6 is 15.9 Å². The van der Waals surface area contributed by atoms with Crippen LogP contribution in [0.5, 0.6) is 0 Å². The van der Waals surface area contributed by atoms with Crippen molar-refractivity contribution in [3.05, 3.63) is 164 Å². The Morgan fingerprint density at radius 2 is 1.15 bits per heavy atom. The second-order valence-corrected chi connectivity index (χ2v) is 10.3. The molecule has 0 aromatic heterocycles. The number of hydrogen-bond donors (Lipinski definition) is 0. The highest BCUT2D eigenvalue weighted by Gasteiger charge is 2.49. The number of fused-ring (bicyclic) bond motifs is 9. The molecule has 0 heterocycles. The summed E-state index contributed by atoms with van der Waals surface area (Å²) in [4.78, 5) is 0. The highest BCUT2D eigenvalue weighted by Crippen LogP contribution is 2.59. The Kier molecular flexibility index (Phi) is 4.44. The summed E-state index contributed by atoms with van der Waals surface area (Å²) in [6, 6.07) is 42.9. The first kappa shape index (κ1) is 20.0. The molecule has 0 radical (unpaired) electrons. The van der Waals surface area contributed by atoms with Gasteiger partial charge in [-0.25, -0.2) is 0 Å². The lowest BCUT2D eigenvalue weighted by Gasteiger charge is -2.40. The van der Waals surface area contributed by atoms with E-state index in [2.05, 4.69) is 131 Å². The molecule has 1 heteroatoms. The zero-order valence-corrected chi connectivity index (χ0v) is 20.3. The molecular formula is C33H23Br. The van der Waals surface area contributed by atoms with Crippen LogP contribution in [0, 0.1) is 0 Å². The lowest BCUT2D eigenvalue weighted by atomic mass is 9.61. The zero-order valence-electron chi connectivity index (χ0n) is 18.8. The summed E-state index contributed by atoms with van der Waals surface area (Å²) < 4.78 is 1.17. The van der Waals surface area contributed by atoms with Gasteiger partial charge in [0, 0.05) is 4.47 Å². The van der Waals surface area contributed by atoms with Gasteiger partial charge in [0.2, 0.25) is 0 Å². The average molecular weight is 499 g/mol. The van der Waals surface area contributed by atoms with Gasteiger partial charge in [-0.2, -0.15) is 0 Å². The number of benzene rings is 5. The van der Waals surface area contributed by atoms with Gasteiger partial charge >= 0.3 is 0 Å². The molecular weight excluding hydrogens is 476 g/mol. The third kappa shape index (κ3) is 2.71. The van der Waals surface area contributed by atoms with Crippen molar-refractivity contribution in [2.75, 3.05) is 0 Å². The van der Waals surface area contributed by atoms with E-state index in [1.807, 2.05) is 0 Å². The van der Waals surface area contributed by atoms with Crippen molar-refractivity contribution in [2.45, 2.75) is 18.3 Å². The van der Waals surface area contributed by atoms with E-state index in [4.69, 9.17) is 0 Å². The van der Waals surface area contributed by atoms with Crippen molar-refractivity contribution in [3.8, 4) is 11.1 Å². The SMILES string of the molecule is Brc1ccccc1Cc1ccc2c(c1)-c1ccccc1C21c2ccccc2Cc2ccccc21. The van der Waals surface area contributed by atoms with Gasteiger partial charge in [-0.3, -0.25) is 0 Å². The van der Waals surface area contributed by atoms with E-state index >= 15 is 0 Å². The van der Waals surface area contributed by atoms with Crippen LogP contribution in [0.3, 0.4) is 0 Å². The van der Waals surface area contributed by atoms with Gasteiger partial charge in [0.15, 0.2) is 0 Å². The van der Waals surface area contributed by atoms with Crippen LogP contribution in [0.25, 0.3) is 11.1 Å². The lowest BCUT2D eigenvalue weighted by Crippen LogP contribution is -2.34. The number of rotatable bonds is 2. The fourth-order valence-electron chi connectivity index (χ4n) is 6.31. The minimum absolute atomic E-state index is 0.261. The first-order valence-corrected chi connectivity index (χ1v) is 12.7. The van der Waals surface area contributed by atoms with Crippen molar-refractivity contribution in [3.63, 3.8) is 0 Å². The first-order valence-electron chi connectivity index (χ1n) is 11.9. The van der Waals surface area contributed by atoms with E-state index in [9.17, 15) is 0 Å². The van der Waals surface area contributed by atoms with Crippen LogP contribution in [0.15, 0.2) is 120 Å². The molecule has 0 unspecified atom stereocenters. The van der Waals surface area contributed by atoms with Crippen molar-refractivity contribution in [2.24, 2.45) is 0 Å². The summed E-state index contributed by atoms with van der Waals surface area (Å²) in [7, 11) is 0. The Morgan fingerprint density at radius 1 is 0.559 bits per heavy atom. The van der Waals surface area contributed by atoms with E-state index in [0.29, 0.717) is 0 Å². The van der Waals surface area contributed by atoms with E-state index in [-0.39, 0.29) is 5.41 Å². The monoisotopic (exact) mass is 498 g/mol. The summed E-state index contributed by atoms with van der Waals surface area (Å²) in [5, 5.41) is 0. The normalized spacial score (nSPS) is 14.3. The van der Waals surface area contributed by atoms with Gasteiger partial charge in [0.25, 0.3) is 0 Å². The molecule has 0 saturated carbocycles. The molecule has 7 rings (SSSR count). The molecule has 5 aromatic carbocycles. The van der Waals surface area contributed by atoms with E-state index in [1.165, 1.54) is 60.1 Å². The summed E-state index contributed by atoms with van der Waals surface area (Å²) >= 11 is 3.74. The van der Waals surface area contributed by atoms with Crippen LogP contribution in [0.4, 0.5) is 0 Å². The predicted octanol–water partition coefficient (Wildman–Crippen LogP) is 8.31. The van der Waals surface area contributed by atoms with Crippen molar-refractivity contribution >= 4 is 15.9 Å². The maximum atomic E-state index is 3.74. The smallest absolute Gasteiger partial charge is 0.0620 e. The van der Waals surface area contributed by atoms with E-state index in [0.717, 1.165) is 12.8 Å². The Hall–Kier alpha value is -3.42. The summed E-state index contributed by atoms with van der Waals surface area (Å²) in [6.45, 7) is 0. The van der Waals surface area contributed by atoms with Crippen LogP contribution in [-0.4, -0.2) is 0 Å². The second kappa shape index (κ2) is 7.55. The number of halogens is 1. The van der Waals surface area contributed by atoms with Gasteiger partial charge in [0.1, 0.15) is 0 Å². The van der Waals surface area contributed by atoms with Gasteiger partial charge in [0.05, 0.1) is 5.41 Å². The zero-order chi connectivity index (χ0) is 22.7. The predicted molar refractivity (Wildman–Crippen MR) is 143 cm³/mol. The summed E-state index contributed by atoms with van der Waals surface area (Å²) in [5.74, 6) is 0. The average Bonchev–Trinajstić information content (AvgIpc) is 3.16. The third-order valence-corrected chi connectivity index (χ3v) is 8.46. The Labute approximate surface area is 209 Å². The van der Waals surface area contributed by atoms with Gasteiger partial charge in [-0.05, 0) is 74.5 Å². The standard InChI is InChI=1S/C33H23Br/c34-32-16-8-3-11-25(32)19-22-17-18-31-27(20-22)26-12-4-7-15-30(26)33(31)28-13-5-1-9-23(28)21-24-10-2-6-14-29(24)33/h1-18,20H,19,21H2. The fourth-order valence-corrected chi connectivity index (χ4v) is 6.74. The maximum absolute atomic E-state index is 3.74. The highest BCUT2D eigenvalue weighted by atomic mass is 79.9. The fraction of sp³-hybridized carbons (Fsp3) is 0.0909. The Bertz CT molecular complexity index is 1530. The van der Waals surface area contributed by atoms with E-state index < -0.39 is 0 Å². The topological polar surface area (TPSA) is 0 Å². The van der Waals surface area contributed by atoms with E-state index in [1.54, 1.807) is 0 Å². The molecule has 0 bridgehead atoms. The van der Waals surface area contributed by atoms with Crippen molar-refractivity contribution in [1.29, 1.82) is 0 Å². The minimum atomic E-state index is -0.261. The molecule has 0 aliphatic heterocycles. The Balaban J connectivity index is 1.52. The largest absolute Gasteiger partial charge is 0.0719 e. The molecule has 0 atom stereocenters. The minimum Gasteiger partial charge on any atom is -0.0620 e. The molecule has 2 aliphatic carbocycles. The molecule has 0 N–H and O–H groups in total. The molecule has 34 heavy (non-hydrogen) atoms. The summed E-state index contributed by atoms with van der Waals surface area (Å²) in [6.07, 6.45) is 1.91. The highest BCUT2D eigenvalue weighted by molar-refractivity contribution is 9.10. The third-order valence-electron chi connectivity index (χ3n) is 7.69. The second-order valence-electron chi connectivity index (χ2n) is 9.43. The molecule has 0 saturated heterocycles. The van der Waals surface area contributed by atoms with Gasteiger partial charge in [-0.15, -0.1) is 0 Å². The van der Waals surface area contributed by atoms with Crippen LogP contribution < -0.4 is 0 Å². The molecule has 162 valence electrons.